The van der Waals surface area contributed by atoms with Crippen molar-refractivity contribution in [1.29, 1.82) is 0 Å². The van der Waals surface area contributed by atoms with E-state index >= 15 is 0 Å². The Morgan fingerprint density at radius 3 is 1.90 bits per heavy atom. The van der Waals surface area contributed by atoms with Crippen molar-refractivity contribution in [2.45, 2.75) is 64.9 Å². The normalized spacial score (nSPS) is 12.9. The van der Waals surface area contributed by atoms with Gasteiger partial charge in [-0.15, -0.1) is 0 Å². The number of rotatable bonds is 14. The maximum absolute atomic E-state index is 11.2. The number of hydrogen-bond acceptors (Lipinski definition) is 6. The topological polar surface area (TPSA) is 144 Å². The van der Waals surface area contributed by atoms with E-state index in [0.29, 0.717) is 12.1 Å². The second-order valence-electron chi connectivity index (χ2n) is 7.45. The quantitative estimate of drug-likeness (QED) is 0.233. The Balaban J connectivity index is 0.00000161. The molecule has 1 unspecified atom stereocenters. The fourth-order valence-electron chi connectivity index (χ4n) is 3.03. The molecule has 0 aliphatic rings. The van der Waals surface area contributed by atoms with E-state index in [0.717, 1.165) is 37.9 Å². The van der Waals surface area contributed by atoms with Crippen molar-refractivity contribution >= 4 is 26.1 Å². The van der Waals surface area contributed by atoms with E-state index in [2.05, 4.69) is 23.5 Å². The lowest BCUT2D eigenvalue weighted by Crippen LogP contribution is -2.26. The summed E-state index contributed by atoms with van der Waals surface area (Å²) in [5, 5.41) is 10.3. The Morgan fingerprint density at radius 2 is 1.42 bits per heavy atom. The molecule has 4 N–H and O–H groups in total. The van der Waals surface area contributed by atoms with Crippen molar-refractivity contribution < 1.29 is 31.0 Å². The molecule has 0 saturated heterocycles. The predicted molar refractivity (Wildman–Crippen MR) is 124 cm³/mol. The average Bonchev–Trinajstić information content (AvgIpc) is 2.64. The number of benzene rings is 1. The van der Waals surface area contributed by atoms with Gasteiger partial charge in [0.15, 0.2) is 0 Å². The van der Waals surface area contributed by atoms with Gasteiger partial charge < -0.3 is 10.0 Å². The van der Waals surface area contributed by atoms with Gasteiger partial charge in [0.2, 0.25) is 10.0 Å². The third-order valence-electron chi connectivity index (χ3n) is 4.58. The van der Waals surface area contributed by atoms with Crippen molar-refractivity contribution in [3.63, 3.8) is 0 Å². The molecule has 0 saturated carbocycles. The lowest BCUT2D eigenvalue weighted by Gasteiger charge is -2.21. The lowest BCUT2D eigenvalue weighted by atomic mass is 10.0. The standard InChI is InChI=1S/C20H36N2O3S.H2O4S/c1-4-6-7-8-9-16-22(5-2)17-10-11-20(23)18-12-14-19(15-13-18)21-26(3,24)25;1-5(2,3)4/h12-15,20-21,23H,4-11,16-17H2,1-3H3;(H2,1,2,3,4). The molecule has 1 aromatic carbocycles. The number of hydrogen-bond donors (Lipinski definition) is 4. The maximum Gasteiger partial charge on any atom is 0.394 e. The fraction of sp³-hybridized carbons (Fsp3) is 0.700. The minimum Gasteiger partial charge on any atom is -0.388 e. The summed E-state index contributed by atoms with van der Waals surface area (Å²) < 4.78 is 56.4. The third-order valence-corrected chi connectivity index (χ3v) is 5.18. The van der Waals surface area contributed by atoms with Crippen LogP contribution in [0.25, 0.3) is 0 Å². The fourth-order valence-corrected chi connectivity index (χ4v) is 3.59. The van der Waals surface area contributed by atoms with Gasteiger partial charge in [-0.3, -0.25) is 13.8 Å². The molecule has 0 aliphatic heterocycles. The first kappa shape index (κ1) is 29.8. The Kier molecular flexibility index (Phi) is 14.9. The van der Waals surface area contributed by atoms with E-state index in [4.69, 9.17) is 17.5 Å². The number of nitrogens with zero attached hydrogens (tertiary/aromatic N) is 1. The zero-order chi connectivity index (χ0) is 23.9. The minimum absolute atomic E-state index is 0.509. The molecule has 0 spiro atoms. The molecule has 0 aliphatic carbocycles. The number of sulfonamides is 1. The van der Waals surface area contributed by atoms with Gasteiger partial charge in [0, 0.05) is 5.69 Å². The summed E-state index contributed by atoms with van der Waals surface area (Å²) in [7, 11) is -7.93. The van der Waals surface area contributed by atoms with Crippen LogP contribution in [0.1, 0.15) is 70.5 Å². The van der Waals surface area contributed by atoms with Gasteiger partial charge in [-0.25, -0.2) is 8.42 Å². The number of anilines is 1. The van der Waals surface area contributed by atoms with Gasteiger partial charge in [-0.1, -0.05) is 51.7 Å². The van der Waals surface area contributed by atoms with E-state index in [-0.39, 0.29) is 0 Å². The molecule has 31 heavy (non-hydrogen) atoms. The first-order valence-electron chi connectivity index (χ1n) is 10.5. The first-order valence-corrected chi connectivity index (χ1v) is 13.8. The molecular weight excluding hydrogens is 444 g/mol. The molecule has 182 valence electrons. The summed E-state index contributed by atoms with van der Waals surface area (Å²) in [4.78, 5) is 2.46. The highest BCUT2D eigenvalue weighted by molar-refractivity contribution is 7.92. The van der Waals surface area contributed by atoms with E-state index in [9.17, 15) is 13.5 Å². The Hall–Kier alpha value is -1.24. The summed E-state index contributed by atoms with van der Waals surface area (Å²) in [6.07, 6.45) is 8.78. The first-order chi connectivity index (χ1) is 14.4. The van der Waals surface area contributed by atoms with Crippen LogP contribution in [0, 0.1) is 0 Å². The number of unbranched alkanes of at least 4 members (excludes halogenated alkanes) is 4. The van der Waals surface area contributed by atoms with Gasteiger partial charge in [-0.05, 0) is 56.6 Å². The van der Waals surface area contributed by atoms with Gasteiger partial charge in [0.1, 0.15) is 0 Å². The SMILES string of the molecule is CCCCCCCN(CC)CCCC(O)c1ccc(NS(C)(=O)=O)cc1.O=S(=O)(O)O. The molecule has 11 heteroatoms. The molecule has 0 aromatic heterocycles. The highest BCUT2D eigenvalue weighted by Crippen LogP contribution is 2.21. The minimum atomic E-state index is -4.67. The maximum atomic E-state index is 11.2. The van der Waals surface area contributed by atoms with Gasteiger partial charge in [0.05, 0.1) is 12.4 Å². The molecular formula is C20H38N2O7S2. The van der Waals surface area contributed by atoms with E-state index in [1.807, 2.05) is 0 Å². The number of nitrogens with one attached hydrogen (secondary N) is 1. The highest BCUT2D eigenvalue weighted by atomic mass is 32.3. The van der Waals surface area contributed by atoms with Crippen molar-refractivity contribution in [2.24, 2.45) is 0 Å². The van der Waals surface area contributed by atoms with Gasteiger partial charge in [0.25, 0.3) is 0 Å². The molecule has 0 bridgehead atoms. The van der Waals surface area contributed by atoms with Gasteiger partial charge in [-0.2, -0.15) is 8.42 Å². The highest BCUT2D eigenvalue weighted by Gasteiger charge is 2.10. The van der Waals surface area contributed by atoms with Crippen LogP contribution < -0.4 is 4.72 Å². The van der Waals surface area contributed by atoms with Crippen LogP contribution in [0.2, 0.25) is 0 Å². The van der Waals surface area contributed by atoms with Crippen LogP contribution in [0.15, 0.2) is 24.3 Å². The molecule has 1 atom stereocenters. The van der Waals surface area contributed by atoms with Crippen molar-refractivity contribution in [1.82, 2.24) is 4.90 Å². The smallest absolute Gasteiger partial charge is 0.388 e. The monoisotopic (exact) mass is 482 g/mol. The van der Waals surface area contributed by atoms with Crippen LogP contribution in [-0.4, -0.2) is 61.8 Å². The van der Waals surface area contributed by atoms with Crippen LogP contribution in [-0.2, 0) is 20.4 Å². The molecule has 0 heterocycles. The van der Waals surface area contributed by atoms with Crippen molar-refractivity contribution in [3.05, 3.63) is 29.8 Å². The van der Waals surface area contributed by atoms with E-state index in [1.54, 1.807) is 24.3 Å². The molecule has 9 nitrogen and oxygen atoms in total. The summed E-state index contributed by atoms with van der Waals surface area (Å²) in [5.41, 5.74) is 1.34. The molecule has 1 aromatic rings. The molecule has 0 radical (unpaired) electrons. The largest absolute Gasteiger partial charge is 0.394 e. The molecule has 0 fully saturated rings. The Bertz CT molecular complexity index is 789. The van der Waals surface area contributed by atoms with Crippen LogP contribution in [0.4, 0.5) is 5.69 Å². The second-order valence-corrected chi connectivity index (χ2v) is 10.1. The van der Waals surface area contributed by atoms with Crippen LogP contribution in [0.3, 0.4) is 0 Å². The average molecular weight is 483 g/mol. The molecule has 0 amide bonds. The number of aliphatic hydroxyl groups excluding tert-OH is 1. The second kappa shape index (κ2) is 15.5. The van der Waals surface area contributed by atoms with Crippen molar-refractivity contribution in [3.8, 4) is 0 Å². The zero-order valence-electron chi connectivity index (χ0n) is 18.7. The van der Waals surface area contributed by atoms with Crippen LogP contribution >= 0.6 is 0 Å². The Labute approximate surface area is 187 Å². The van der Waals surface area contributed by atoms with Crippen LogP contribution in [0.5, 0.6) is 0 Å². The lowest BCUT2D eigenvalue weighted by molar-refractivity contribution is 0.155. The Morgan fingerprint density at radius 1 is 0.903 bits per heavy atom. The summed E-state index contributed by atoms with van der Waals surface area (Å²) in [5.74, 6) is 0. The zero-order valence-corrected chi connectivity index (χ0v) is 20.3. The summed E-state index contributed by atoms with van der Waals surface area (Å²) in [6, 6.07) is 6.94. The summed E-state index contributed by atoms with van der Waals surface area (Å²) in [6.45, 7) is 7.63. The third kappa shape index (κ3) is 19.2. The predicted octanol–water partition coefficient (Wildman–Crippen LogP) is 3.51. The van der Waals surface area contributed by atoms with Gasteiger partial charge >= 0.3 is 10.4 Å². The number of aliphatic hydroxyl groups is 1. The van der Waals surface area contributed by atoms with E-state index in [1.165, 1.54) is 32.1 Å². The molecule has 1 rings (SSSR count). The summed E-state index contributed by atoms with van der Waals surface area (Å²) >= 11 is 0. The van der Waals surface area contributed by atoms with E-state index < -0.39 is 26.5 Å². The van der Waals surface area contributed by atoms with Crippen molar-refractivity contribution in [2.75, 3.05) is 30.6 Å².